The number of hydrogen-bond acceptors (Lipinski definition) is 5. The van der Waals surface area contributed by atoms with Gasteiger partial charge in [-0.15, -0.1) is 0 Å². The van der Waals surface area contributed by atoms with Crippen molar-refractivity contribution >= 4 is 5.91 Å². The van der Waals surface area contributed by atoms with Crippen molar-refractivity contribution in [2.75, 3.05) is 46.4 Å². The first-order valence-corrected chi connectivity index (χ1v) is 11.6. The average Bonchev–Trinajstić information content (AvgIpc) is 3.44. The van der Waals surface area contributed by atoms with Crippen LogP contribution in [0.3, 0.4) is 0 Å². The molecule has 2 saturated heterocycles. The Morgan fingerprint density at radius 1 is 1.10 bits per heavy atom. The monoisotopic (exact) mass is 425 g/mol. The highest BCUT2D eigenvalue weighted by molar-refractivity contribution is 5.93. The highest BCUT2D eigenvalue weighted by atomic mass is 16.5. The molecule has 1 amide bonds. The van der Waals surface area contributed by atoms with Crippen LogP contribution in [0.25, 0.3) is 0 Å². The van der Waals surface area contributed by atoms with Crippen molar-refractivity contribution in [2.45, 2.75) is 44.7 Å². The van der Waals surface area contributed by atoms with Gasteiger partial charge in [0.15, 0.2) is 0 Å². The number of benzene rings is 1. The molecule has 0 aliphatic carbocycles. The minimum atomic E-state index is -0.0807. The Morgan fingerprint density at radius 2 is 1.90 bits per heavy atom. The first kappa shape index (κ1) is 21.8. The summed E-state index contributed by atoms with van der Waals surface area (Å²) in [6, 6.07) is 8.80. The Bertz CT molecular complexity index is 846. The van der Waals surface area contributed by atoms with Crippen LogP contribution < -0.4 is 10.1 Å². The van der Waals surface area contributed by atoms with Crippen LogP contribution in [-0.2, 0) is 6.54 Å². The number of nitrogens with zero attached hydrogens (tertiary/aromatic N) is 4. The maximum absolute atomic E-state index is 11.8. The number of para-hydroxylation sites is 1. The van der Waals surface area contributed by atoms with Gasteiger partial charge in [0, 0.05) is 38.4 Å². The second-order valence-corrected chi connectivity index (χ2v) is 8.65. The zero-order chi connectivity index (χ0) is 21.5. The number of carbonyl (C=O) groups excluding carboxylic acids is 1. The third-order valence-electron chi connectivity index (χ3n) is 6.49. The van der Waals surface area contributed by atoms with Crippen molar-refractivity contribution in [3.05, 3.63) is 47.8 Å². The summed E-state index contributed by atoms with van der Waals surface area (Å²) in [5.41, 5.74) is 1.90. The molecule has 1 aromatic carbocycles. The molecule has 3 heterocycles. The van der Waals surface area contributed by atoms with Crippen LogP contribution >= 0.6 is 0 Å². The highest BCUT2D eigenvalue weighted by Gasteiger charge is 2.21. The molecule has 0 spiro atoms. The molecule has 1 atom stereocenters. The van der Waals surface area contributed by atoms with Crippen LogP contribution in [0, 0.1) is 0 Å². The number of aromatic nitrogens is 2. The zero-order valence-corrected chi connectivity index (χ0v) is 18.6. The maximum atomic E-state index is 11.8. The number of amides is 1. The van der Waals surface area contributed by atoms with Crippen LogP contribution in [0.5, 0.6) is 5.75 Å². The topological polar surface area (TPSA) is 62.6 Å². The molecule has 2 aliphatic rings. The molecule has 0 unspecified atom stereocenters. The van der Waals surface area contributed by atoms with Crippen LogP contribution in [0.1, 0.15) is 54.1 Å². The molecular formula is C24H35N5O2. The van der Waals surface area contributed by atoms with Crippen LogP contribution in [0.15, 0.2) is 36.7 Å². The molecule has 7 heteroatoms. The third kappa shape index (κ3) is 5.86. The van der Waals surface area contributed by atoms with Crippen LogP contribution in [0.4, 0.5) is 0 Å². The predicted octanol–water partition coefficient (Wildman–Crippen LogP) is 2.94. The average molecular weight is 426 g/mol. The van der Waals surface area contributed by atoms with Gasteiger partial charge < -0.3 is 10.1 Å². The van der Waals surface area contributed by atoms with E-state index in [1.54, 1.807) is 13.2 Å². The van der Waals surface area contributed by atoms with E-state index in [2.05, 4.69) is 44.5 Å². The Morgan fingerprint density at radius 3 is 2.74 bits per heavy atom. The maximum Gasteiger partial charge on any atom is 0.254 e. The fourth-order valence-electron chi connectivity index (χ4n) is 4.67. The van der Waals surface area contributed by atoms with Gasteiger partial charge in [0.1, 0.15) is 12.4 Å². The summed E-state index contributed by atoms with van der Waals surface area (Å²) in [7, 11) is 1.65. The van der Waals surface area contributed by atoms with Gasteiger partial charge in [-0.1, -0.05) is 18.2 Å². The van der Waals surface area contributed by atoms with Crippen LogP contribution in [-0.4, -0.2) is 71.9 Å². The molecule has 7 nitrogen and oxygen atoms in total. The SMILES string of the molecule is CNC(=O)c1cnn([C@@H]2CCCN(Cc3ccccc3OCCN3CCCC3)CC2)c1. The molecule has 31 heavy (non-hydrogen) atoms. The molecule has 2 fully saturated rings. The summed E-state index contributed by atoms with van der Waals surface area (Å²) in [6.07, 6.45) is 9.42. The largest absolute Gasteiger partial charge is 0.492 e. The van der Waals surface area contributed by atoms with E-state index < -0.39 is 0 Å². The molecular weight excluding hydrogens is 390 g/mol. The van der Waals surface area contributed by atoms with Gasteiger partial charge in [0.25, 0.3) is 5.91 Å². The van der Waals surface area contributed by atoms with Crippen molar-refractivity contribution in [1.29, 1.82) is 0 Å². The second-order valence-electron chi connectivity index (χ2n) is 8.65. The van der Waals surface area contributed by atoms with E-state index in [0.29, 0.717) is 11.6 Å². The van der Waals surface area contributed by atoms with Crippen molar-refractivity contribution in [3.8, 4) is 5.75 Å². The molecule has 4 rings (SSSR count). The molecule has 0 bridgehead atoms. The molecule has 2 aromatic rings. The summed E-state index contributed by atoms with van der Waals surface area (Å²) < 4.78 is 8.15. The van der Waals surface area contributed by atoms with E-state index in [0.717, 1.165) is 57.8 Å². The highest BCUT2D eigenvalue weighted by Crippen LogP contribution is 2.26. The Hall–Kier alpha value is -2.38. The lowest BCUT2D eigenvalue weighted by molar-refractivity contribution is 0.0963. The number of ether oxygens (including phenoxy) is 1. The van der Waals surface area contributed by atoms with Crippen LogP contribution in [0.2, 0.25) is 0 Å². The van der Waals surface area contributed by atoms with Crippen molar-refractivity contribution in [3.63, 3.8) is 0 Å². The predicted molar refractivity (Wildman–Crippen MR) is 121 cm³/mol. The molecule has 1 aromatic heterocycles. The van der Waals surface area contributed by atoms with Gasteiger partial charge in [0.2, 0.25) is 0 Å². The van der Waals surface area contributed by atoms with E-state index in [-0.39, 0.29) is 5.91 Å². The lowest BCUT2D eigenvalue weighted by Crippen LogP contribution is -2.26. The number of carbonyl (C=O) groups is 1. The molecule has 2 aliphatic heterocycles. The quantitative estimate of drug-likeness (QED) is 0.705. The summed E-state index contributed by atoms with van der Waals surface area (Å²) in [5.74, 6) is 0.938. The molecule has 0 saturated carbocycles. The lowest BCUT2D eigenvalue weighted by atomic mass is 10.1. The van der Waals surface area contributed by atoms with E-state index in [1.807, 2.05) is 10.9 Å². The molecule has 0 radical (unpaired) electrons. The normalized spacial score (nSPS) is 20.5. The summed E-state index contributed by atoms with van der Waals surface area (Å²) in [6.45, 7) is 7.19. The Kier molecular flexibility index (Phi) is 7.59. The van der Waals surface area contributed by atoms with Crippen molar-refractivity contribution in [1.82, 2.24) is 24.9 Å². The zero-order valence-electron chi connectivity index (χ0n) is 18.6. The Balaban J connectivity index is 1.31. The van der Waals surface area contributed by atoms with E-state index in [4.69, 9.17) is 4.74 Å². The number of likely N-dealkylation sites (tertiary alicyclic amines) is 2. The van der Waals surface area contributed by atoms with Gasteiger partial charge in [0.05, 0.1) is 17.8 Å². The Labute approximate surface area is 185 Å². The first-order valence-electron chi connectivity index (χ1n) is 11.6. The number of rotatable bonds is 8. The summed E-state index contributed by atoms with van der Waals surface area (Å²) >= 11 is 0. The molecule has 168 valence electrons. The number of nitrogens with one attached hydrogen (secondary N) is 1. The first-order chi connectivity index (χ1) is 15.2. The van der Waals surface area contributed by atoms with E-state index >= 15 is 0 Å². The smallest absolute Gasteiger partial charge is 0.254 e. The van der Waals surface area contributed by atoms with E-state index in [1.165, 1.54) is 31.5 Å². The number of hydrogen-bond donors (Lipinski definition) is 1. The minimum absolute atomic E-state index is 0.0807. The standard InChI is InChI=1S/C24H35N5O2/c1-25-24(30)21-17-26-29(19-21)22-8-6-13-28(14-10-22)18-20-7-2-3-9-23(20)31-16-15-27-11-4-5-12-27/h2-3,7,9,17,19,22H,4-6,8,10-16,18H2,1H3,(H,25,30)/t22-/m1/s1. The summed E-state index contributed by atoms with van der Waals surface area (Å²) in [5, 5.41) is 7.12. The van der Waals surface area contributed by atoms with Gasteiger partial charge >= 0.3 is 0 Å². The fraction of sp³-hybridized carbons (Fsp3) is 0.583. The third-order valence-corrected chi connectivity index (χ3v) is 6.49. The van der Waals surface area contributed by atoms with Gasteiger partial charge in [-0.25, -0.2) is 0 Å². The lowest BCUT2D eigenvalue weighted by Gasteiger charge is -2.22. The fourth-order valence-corrected chi connectivity index (χ4v) is 4.67. The second kappa shape index (κ2) is 10.8. The van der Waals surface area contributed by atoms with Gasteiger partial charge in [-0.05, 0) is 57.8 Å². The van der Waals surface area contributed by atoms with E-state index in [9.17, 15) is 4.79 Å². The minimum Gasteiger partial charge on any atom is -0.492 e. The molecule has 1 N–H and O–H groups in total. The summed E-state index contributed by atoms with van der Waals surface area (Å²) in [4.78, 5) is 16.8. The van der Waals surface area contributed by atoms with Gasteiger partial charge in [-0.2, -0.15) is 5.10 Å². The van der Waals surface area contributed by atoms with Gasteiger partial charge in [-0.3, -0.25) is 19.3 Å². The van der Waals surface area contributed by atoms with Crippen molar-refractivity contribution < 1.29 is 9.53 Å². The van der Waals surface area contributed by atoms with Crippen molar-refractivity contribution in [2.24, 2.45) is 0 Å².